The number of esters is 5. The van der Waals surface area contributed by atoms with Crippen LogP contribution in [-0.2, 0) is 47.7 Å². The minimum absolute atomic E-state index is 0.00876. The molecule has 0 saturated carbocycles. The van der Waals surface area contributed by atoms with Gasteiger partial charge in [-0.1, -0.05) is 0 Å². The van der Waals surface area contributed by atoms with Gasteiger partial charge in [0.15, 0.2) is 0 Å². The fraction of sp³-hybridized carbons (Fsp3) is 0.872. The van der Waals surface area contributed by atoms with Gasteiger partial charge in [-0.2, -0.15) is 0 Å². The van der Waals surface area contributed by atoms with Crippen molar-refractivity contribution in [2.45, 2.75) is 151 Å². The smallest absolute Gasteiger partial charge is 0.323 e. The van der Waals surface area contributed by atoms with Crippen molar-refractivity contribution in [1.82, 2.24) is 19.6 Å². The molecule has 0 amide bonds. The van der Waals surface area contributed by atoms with E-state index < -0.39 is 57.9 Å². The molecule has 0 N–H and O–H groups in total. The number of rotatable bonds is 11. The predicted octanol–water partition coefficient (Wildman–Crippen LogP) is 4.07. The first-order valence-electron chi connectivity index (χ1n) is 18.9. The monoisotopic (exact) mass is 757 g/mol. The molecule has 0 bridgehead atoms. The molecule has 308 valence electrons. The van der Waals surface area contributed by atoms with Gasteiger partial charge in [-0.3, -0.25) is 43.6 Å². The second-order valence-corrected chi connectivity index (χ2v) is 18.8. The molecule has 14 heteroatoms. The van der Waals surface area contributed by atoms with Gasteiger partial charge in [0, 0.05) is 58.8 Å². The molecule has 0 spiro atoms. The zero-order valence-electron chi connectivity index (χ0n) is 35.6. The maximum atomic E-state index is 13.9. The largest absolute Gasteiger partial charge is 0.460 e. The first-order chi connectivity index (χ1) is 23.9. The Morgan fingerprint density at radius 2 is 0.679 bits per heavy atom. The first kappa shape index (κ1) is 48.2. The van der Waals surface area contributed by atoms with Crippen LogP contribution >= 0.6 is 0 Å². The van der Waals surface area contributed by atoms with E-state index in [0.29, 0.717) is 52.4 Å². The van der Waals surface area contributed by atoms with E-state index in [-0.39, 0.29) is 38.4 Å². The maximum absolute atomic E-state index is 13.9. The van der Waals surface area contributed by atoms with E-state index in [0.717, 1.165) is 0 Å². The zero-order valence-corrected chi connectivity index (χ0v) is 35.6. The third-order valence-corrected chi connectivity index (χ3v) is 7.35. The van der Waals surface area contributed by atoms with Gasteiger partial charge in [0.2, 0.25) is 0 Å². The molecule has 0 radical (unpaired) electrons. The van der Waals surface area contributed by atoms with Crippen LogP contribution in [0.25, 0.3) is 0 Å². The summed E-state index contributed by atoms with van der Waals surface area (Å²) in [6.45, 7) is 30.1. The highest BCUT2D eigenvalue weighted by molar-refractivity contribution is 5.78. The molecule has 1 fully saturated rings. The molecule has 14 nitrogen and oxygen atoms in total. The number of nitrogens with zero attached hydrogens (tertiary/aromatic N) is 4. The second kappa shape index (κ2) is 20.2. The second-order valence-electron chi connectivity index (χ2n) is 18.8. The van der Waals surface area contributed by atoms with Crippen molar-refractivity contribution in [2.24, 2.45) is 0 Å². The lowest BCUT2D eigenvalue weighted by Gasteiger charge is -2.37. The summed E-state index contributed by atoms with van der Waals surface area (Å²) >= 11 is 0. The molecule has 0 aromatic rings. The van der Waals surface area contributed by atoms with E-state index in [4.69, 9.17) is 23.7 Å². The lowest BCUT2D eigenvalue weighted by Crippen LogP contribution is -2.53. The Morgan fingerprint density at radius 1 is 0.415 bits per heavy atom. The SMILES string of the molecule is CC(C)(C)OC(=O)CC[C@H](C(=O)OC(C)(C)C)N1CCN(CC(=O)OC(C)(C)C)CCN(CC(=O)OC(C)(C)C)CCN(CC(=O)OC(C)(C)C)CC1. The molecular formula is C39H72N4O10. The van der Waals surface area contributed by atoms with Gasteiger partial charge in [0.05, 0.1) is 19.6 Å². The fourth-order valence-electron chi connectivity index (χ4n) is 5.47. The fourth-order valence-corrected chi connectivity index (χ4v) is 5.47. The van der Waals surface area contributed by atoms with Crippen molar-refractivity contribution in [2.75, 3.05) is 72.0 Å². The molecule has 0 aromatic heterocycles. The predicted molar refractivity (Wildman–Crippen MR) is 203 cm³/mol. The van der Waals surface area contributed by atoms with E-state index in [1.54, 1.807) is 41.5 Å². The van der Waals surface area contributed by atoms with Crippen LogP contribution in [0.5, 0.6) is 0 Å². The van der Waals surface area contributed by atoms with Crippen LogP contribution in [0.2, 0.25) is 0 Å². The van der Waals surface area contributed by atoms with E-state index >= 15 is 0 Å². The number of carbonyl (C=O) groups excluding carboxylic acids is 5. The highest BCUT2D eigenvalue weighted by Crippen LogP contribution is 2.19. The van der Waals surface area contributed by atoms with Gasteiger partial charge in [0.25, 0.3) is 0 Å². The summed E-state index contributed by atoms with van der Waals surface area (Å²) in [4.78, 5) is 73.7. The van der Waals surface area contributed by atoms with E-state index in [2.05, 4.69) is 0 Å². The third-order valence-electron chi connectivity index (χ3n) is 7.35. The standard InChI is InChI=1S/C39H72N4O10/c1-35(2,3)49-30(44)17-16-29(34(48)53-39(13,14)15)43-24-22-41(27-32(46)51-37(7,8)9)20-18-40(26-31(45)50-36(4,5)6)19-21-42(23-25-43)28-33(47)52-38(10,11)12/h29H,16-28H2,1-15H3/t29-/m1/s1. The zero-order chi connectivity index (χ0) is 41.0. The number of ether oxygens (including phenoxy) is 5. The van der Waals surface area contributed by atoms with Crippen molar-refractivity contribution in [1.29, 1.82) is 0 Å². The van der Waals surface area contributed by atoms with Gasteiger partial charge >= 0.3 is 29.8 Å². The van der Waals surface area contributed by atoms with Crippen LogP contribution < -0.4 is 0 Å². The highest BCUT2D eigenvalue weighted by atomic mass is 16.6. The number of carbonyl (C=O) groups is 5. The van der Waals surface area contributed by atoms with Crippen LogP contribution in [0, 0.1) is 0 Å². The lowest BCUT2D eigenvalue weighted by molar-refractivity contribution is -0.164. The summed E-state index contributed by atoms with van der Waals surface area (Å²) in [5, 5.41) is 0. The Morgan fingerprint density at radius 3 is 0.962 bits per heavy atom. The van der Waals surface area contributed by atoms with Gasteiger partial charge < -0.3 is 23.7 Å². The third kappa shape index (κ3) is 24.3. The lowest BCUT2D eigenvalue weighted by atomic mass is 10.1. The van der Waals surface area contributed by atoms with Crippen molar-refractivity contribution < 1.29 is 47.7 Å². The molecule has 53 heavy (non-hydrogen) atoms. The molecule has 1 atom stereocenters. The Balaban J connectivity index is 3.58. The van der Waals surface area contributed by atoms with E-state index in [9.17, 15) is 24.0 Å². The molecule has 1 aliphatic rings. The molecule has 1 rings (SSSR count). The van der Waals surface area contributed by atoms with Crippen LogP contribution in [0.1, 0.15) is 117 Å². The van der Waals surface area contributed by atoms with Crippen molar-refractivity contribution in [3.63, 3.8) is 0 Å². The summed E-state index contributed by atoms with van der Waals surface area (Å²) in [6.07, 6.45) is 0.131. The van der Waals surface area contributed by atoms with Crippen LogP contribution in [0.15, 0.2) is 0 Å². The summed E-state index contributed by atoms with van der Waals surface area (Å²) in [5.41, 5.74) is -3.49. The average molecular weight is 757 g/mol. The molecule has 0 unspecified atom stereocenters. The van der Waals surface area contributed by atoms with Gasteiger partial charge in [-0.25, -0.2) is 0 Å². The summed E-state index contributed by atoms with van der Waals surface area (Å²) in [5.74, 6) is -2.07. The summed E-state index contributed by atoms with van der Waals surface area (Å²) in [6, 6.07) is -0.819. The molecular weight excluding hydrogens is 684 g/mol. The van der Waals surface area contributed by atoms with Gasteiger partial charge in [-0.15, -0.1) is 0 Å². The number of hydrogen-bond donors (Lipinski definition) is 0. The van der Waals surface area contributed by atoms with E-state index in [1.165, 1.54) is 0 Å². The van der Waals surface area contributed by atoms with Gasteiger partial charge in [-0.05, 0) is 110 Å². The normalized spacial score (nSPS) is 17.9. The van der Waals surface area contributed by atoms with Crippen molar-refractivity contribution >= 4 is 29.8 Å². The Labute approximate surface area is 319 Å². The summed E-state index contributed by atoms with van der Waals surface area (Å²) < 4.78 is 28.4. The summed E-state index contributed by atoms with van der Waals surface area (Å²) in [7, 11) is 0. The molecule has 1 heterocycles. The van der Waals surface area contributed by atoms with Crippen LogP contribution in [0.4, 0.5) is 0 Å². The maximum Gasteiger partial charge on any atom is 0.323 e. The first-order valence-corrected chi connectivity index (χ1v) is 18.9. The molecule has 0 aromatic carbocycles. The van der Waals surface area contributed by atoms with Crippen molar-refractivity contribution in [3.05, 3.63) is 0 Å². The Hall–Kier alpha value is -2.81. The number of hydrogen-bond acceptors (Lipinski definition) is 14. The van der Waals surface area contributed by atoms with Gasteiger partial charge in [0.1, 0.15) is 34.0 Å². The molecule has 0 aliphatic carbocycles. The van der Waals surface area contributed by atoms with E-state index in [1.807, 2.05) is 81.9 Å². The quantitative estimate of drug-likeness (QED) is 0.221. The van der Waals surface area contributed by atoms with Crippen molar-refractivity contribution in [3.8, 4) is 0 Å². The average Bonchev–Trinajstić information content (AvgIpc) is 2.88. The topological polar surface area (TPSA) is 144 Å². The minimum atomic E-state index is -0.819. The van der Waals surface area contributed by atoms with Crippen LogP contribution in [-0.4, -0.2) is 155 Å². The van der Waals surface area contributed by atoms with Crippen LogP contribution in [0.3, 0.4) is 0 Å². The molecule has 1 aliphatic heterocycles. The Kier molecular flexibility index (Phi) is 18.4. The minimum Gasteiger partial charge on any atom is -0.460 e. The molecule has 1 saturated heterocycles. The Bertz CT molecular complexity index is 1160. The highest BCUT2D eigenvalue weighted by Gasteiger charge is 2.33.